The molecule has 2 aromatic rings. The molecule has 0 unspecified atom stereocenters. The monoisotopic (exact) mass is 240 g/mol. The fourth-order valence-corrected chi connectivity index (χ4v) is 3.10. The summed E-state index contributed by atoms with van der Waals surface area (Å²) in [6, 6.07) is 14.4. The summed E-state index contributed by atoms with van der Waals surface area (Å²) >= 11 is 1.64. The van der Waals surface area contributed by atoms with Crippen molar-refractivity contribution in [2.24, 2.45) is 0 Å². The van der Waals surface area contributed by atoms with Gasteiger partial charge in [0.05, 0.1) is 5.75 Å². The van der Waals surface area contributed by atoms with Crippen molar-refractivity contribution >= 4 is 17.5 Å². The van der Waals surface area contributed by atoms with Crippen molar-refractivity contribution in [3.63, 3.8) is 0 Å². The molecular formula is C15H12OS. The van der Waals surface area contributed by atoms with E-state index in [9.17, 15) is 4.79 Å². The van der Waals surface area contributed by atoms with Gasteiger partial charge in [-0.15, -0.1) is 11.8 Å². The van der Waals surface area contributed by atoms with E-state index < -0.39 is 0 Å². The van der Waals surface area contributed by atoms with Crippen molar-refractivity contribution in [1.29, 1.82) is 0 Å². The van der Waals surface area contributed by atoms with Crippen LogP contribution in [-0.2, 0) is 0 Å². The first kappa shape index (κ1) is 10.6. The zero-order chi connectivity index (χ0) is 11.8. The Morgan fingerprint density at radius 1 is 1.06 bits per heavy atom. The number of hydrogen-bond donors (Lipinski definition) is 0. The Balaban J connectivity index is 2.19. The predicted octanol–water partition coefficient (Wildman–Crippen LogP) is 3.95. The van der Waals surface area contributed by atoms with Crippen LogP contribution < -0.4 is 0 Å². The molecule has 0 bridgehead atoms. The highest BCUT2D eigenvalue weighted by atomic mass is 32.2. The van der Waals surface area contributed by atoms with Crippen molar-refractivity contribution in [3.05, 3.63) is 53.6 Å². The molecule has 0 radical (unpaired) electrons. The molecule has 2 aromatic carbocycles. The fraction of sp³-hybridized carbons (Fsp3) is 0.133. The molecule has 17 heavy (non-hydrogen) atoms. The molecule has 0 saturated carbocycles. The second-order valence-corrected chi connectivity index (χ2v) is 5.27. The first-order valence-electron chi connectivity index (χ1n) is 5.62. The molecule has 0 N–H and O–H groups in total. The first-order valence-corrected chi connectivity index (χ1v) is 6.60. The van der Waals surface area contributed by atoms with E-state index in [1.807, 2.05) is 18.2 Å². The van der Waals surface area contributed by atoms with Crippen molar-refractivity contribution in [2.45, 2.75) is 11.8 Å². The molecule has 0 aromatic heterocycles. The number of carbonyl (C=O) groups is 1. The average molecular weight is 240 g/mol. The molecule has 0 atom stereocenters. The van der Waals surface area contributed by atoms with Gasteiger partial charge in [0.15, 0.2) is 5.78 Å². The van der Waals surface area contributed by atoms with Gasteiger partial charge in [-0.1, -0.05) is 42.0 Å². The third-order valence-corrected chi connectivity index (χ3v) is 4.08. The highest BCUT2D eigenvalue weighted by Gasteiger charge is 2.23. The molecule has 0 amide bonds. The zero-order valence-electron chi connectivity index (χ0n) is 9.57. The second-order valence-electron chi connectivity index (χ2n) is 4.26. The van der Waals surface area contributed by atoms with Gasteiger partial charge in [0, 0.05) is 10.5 Å². The highest BCUT2D eigenvalue weighted by molar-refractivity contribution is 8.00. The Morgan fingerprint density at radius 3 is 2.59 bits per heavy atom. The third-order valence-electron chi connectivity index (χ3n) is 3.03. The van der Waals surface area contributed by atoms with Crippen LogP contribution in [0.3, 0.4) is 0 Å². The first-order chi connectivity index (χ1) is 8.25. The summed E-state index contributed by atoms with van der Waals surface area (Å²) in [4.78, 5) is 13.0. The second kappa shape index (κ2) is 4.04. The Labute approximate surface area is 105 Å². The lowest BCUT2D eigenvalue weighted by molar-refractivity contribution is 0.102. The van der Waals surface area contributed by atoms with E-state index in [1.54, 1.807) is 11.8 Å². The van der Waals surface area contributed by atoms with Crippen LogP contribution in [0, 0.1) is 6.92 Å². The number of hydrogen-bond acceptors (Lipinski definition) is 2. The van der Waals surface area contributed by atoms with Crippen LogP contribution in [0.25, 0.3) is 11.1 Å². The molecule has 1 nitrogen and oxygen atoms in total. The molecule has 84 valence electrons. The zero-order valence-corrected chi connectivity index (χ0v) is 10.4. The molecule has 0 aliphatic carbocycles. The molecule has 1 heterocycles. The molecule has 1 aliphatic heterocycles. The normalized spacial score (nSPS) is 13.8. The molecule has 1 aliphatic rings. The number of aryl methyl sites for hydroxylation is 1. The fourth-order valence-electron chi connectivity index (χ4n) is 2.13. The molecule has 0 saturated heterocycles. The van der Waals surface area contributed by atoms with E-state index in [1.165, 1.54) is 5.56 Å². The van der Waals surface area contributed by atoms with E-state index in [0.29, 0.717) is 5.75 Å². The van der Waals surface area contributed by atoms with E-state index in [-0.39, 0.29) is 5.78 Å². The van der Waals surface area contributed by atoms with Gasteiger partial charge in [-0.05, 0) is 24.1 Å². The van der Waals surface area contributed by atoms with Gasteiger partial charge in [0.25, 0.3) is 0 Å². The predicted molar refractivity (Wildman–Crippen MR) is 71.7 cm³/mol. The SMILES string of the molecule is Cc1ccc(-c2cccc3c2C(=O)CS3)cc1. The van der Waals surface area contributed by atoms with Gasteiger partial charge in [0.1, 0.15) is 0 Å². The maximum atomic E-state index is 11.9. The minimum absolute atomic E-state index is 0.251. The molecular weight excluding hydrogens is 228 g/mol. The quantitative estimate of drug-likeness (QED) is 0.750. The molecule has 3 rings (SSSR count). The van der Waals surface area contributed by atoms with Crippen LogP contribution in [0.15, 0.2) is 47.4 Å². The third kappa shape index (κ3) is 1.79. The number of rotatable bonds is 1. The van der Waals surface area contributed by atoms with Crippen molar-refractivity contribution in [2.75, 3.05) is 5.75 Å². The largest absolute Gasteiger partial charge is 0.293 e. The van der Waals surface area contributed by atoms with E-state index >= 15 is 0 Å². The number of Topliss-reactive ketones (excluding diaryl/α,β-unsaturated/α-hetero) is 1. The molecule has 0 spiro atoms. The summed E-state index contributed by atoms with van der Waals surface area (Å²) in [6.07, 6.45) is 0. The lowest BCUT2D eigenvalue weighted by atomic mass is 9.97. The number of benzene rings is 2. The lowest BCUT2D eigenvalue weighted by Crippen LogP contribution is -1.98. The summed E-state index contributed by atoms with van der Waals surface area (Å²) in [5.74, 6) is 0.833. The van der Waals surface area contributed by atoms with Gasteiger partial charge in [-0.25, -0.2) is 0 Å². The maximum Gasteiger partial charge on any atom is 0.174 e. The molecule has 0 fully saturated rings. The van der Waals surface area contributed by atoms with Crippen molar-refractivity contribution < 1.29 is 4.79 Å². The van der Waals surface area contributed by atoms with Crippen molar-refractivity contribution in [3.8, 4) is 11.1 Å². The average Bonchev–Trinajstić information content (AvgIpc) is 2.73. The highest BCUT2D eigenvalue weighted by Crippen LogP contribution is 2.37. The Kier molecular flexibility index (Phi) is 2.52. The van der Waals surface area contributed by atoms with E-state index in [2.05, 4.69) is 31.2 Å². The van der Waals surface area contributed by atoms with Gasteiger partial charge in [-0.3, -0.25) is 4.79 Å². The lowest BCUT2D eigenvalue weighted by Gasteiger charge is -2.07. The van der Waals surface area contributed by atoms with Crippen LogP contribution >= 0.6 is 11.8 Å². The van der Waals surface area contributed by atoms with E-state index in [0.717, 1.165) is 21.6 Å². The number of carbonyl (C=O) groups excluding carboxylic acids is 1. The smallest absolute Gasteiger partial charge is 0.174 e. The summed E-state index contributed by atoms with van der Waals surface area (Å²) in [5.41, 5.74) is 4.34. The number of thioether (sulfide) groups is 1. The Bertz CT molecular complexity index is 584. The summed E-state index contributed by atoms with van der Waals surface area (Å²) in [7, 11) is 0. The van der Waals surface area contributed by atoms with Crippen LogP contribution in [0.4, 0.5) is 0 Å². The number of ketones is 1. The van der Waals surface area contributed by atoms with Crippen LogP contribution in [0.5, 0.6) is 0 Å². The minimum atomic E-state index is 0.251. The van der Waals surface area contributed by atoms with Gasteiger partial charge in [-0.2, -0.15) is 0 Å². The van der Waals surface area contributed by atoms with Gasteiger partial charge >= 0.3 is 0 Å². The van der Waals surface area contributed by atoms with Gasteiger partial charge < -0.3 is 0 Å². The van der Waals surface area contributed by atoms with Crippen molar-refractivity contribution in [1.82, 2.24) is 0 Å². The summed E-state index contributed by atoms with van der Waals surface area (Å²) < 4.78 is 0. The number of fused-ring (bicyclic) bond motifs is 1. The maximum absolute atomic E-state index is 11.9. The van der Waals surface area contributed by atoms with Gasteiger partial charge in [0.2, 0.25) is 0 Å². The van der Waals surface area contributed by atoms with E-state index in [4.69, 9.17) is 0 Å². The standard InChI is InChI=1S/C15H12OS/c1-10-5-7-11(8-6-10)12-3-2-4-14-15(12)13(16)9-17-14/h2-8H,9H2,1H3. The Morgan fingerprint density at radius 2 is 1.82 bits per heavy atom. The molecule has 2 heteroatoms. The topological polar surface area (TPSA) is 17.1 Å². The minimum Gasteiger partial charge on any atom is -0.293 e. The van der Waals surface area contributed by atoms with Crippen LogP contribution in [-0.4, -0.2) is 11.5 Å². The summed E-state index contributed by atoms with van der Waals surface area (Å²) in [6.45, 7) is 2.07. The summed E-state index contributed by atoms with van der Waals surface area (Å²) in [5, 5.41) is 0. The van der Waals surface area contributed by atoms with Crippen LogP contribution in [0.1, 0.15) is 15.9 Å². The van der Waals surface area contributed by atoms with Crippen LogP contribution in [0.2, 0.25) is 0 Å². The Hall–Kier alpha value is -1.54.